The second-order valence-electron chi connectivity index (χ2n) is 4.65. The number of carbonyl (C=O) groups is 1. The van der Waals surface area contributed by atoms with E-state index in [-0.39, 0.29) is 5.97 Å². The summed E-state index contributed by atoms with van der Waals surface area (Å²) in [4.78, 5) is 11.7. The first kappa shape index (κ1) is 11.2. The van der Waals surface area contributed by atoms with Crippen molar-refractivity contribution in [1.82, 2.24) is 0 Å². The van der Waals surface area contributed by atoms with Crippen LogP contribution in [0.25, 0.3) is 0 Å². The van der Waals surface area contributed by atoms with Gasteiger partial charge in [0.1, 0.15) is 5.75 Å². The number of benzene rings is 1. The average Bonchev–Trinajstić information content (AvgIpc) is 2.70. The molecule has 0 unspecified atom stereocenters. The van der Waals surface area contributed by atoms with Crippen LogP contribution in [0, 0.1) is 12.8 Å². The van der Waals surface area contributed by atoms with Gasteiger partial charge in [0.25, 0.3) is 0 Å². The molecular formula is C14H18O2. The van der Waals surface area contributed by atoms with Crippen molar-refractivity contribution < 1.29 is 9.53 Å². The molecule has 0 radical (unpaired) electrons. The Hall–Kier alpha value is -1.31. The summed E-state index contributed by atoms with van der Waals surface area (Å²) in [6.45, 7) is 1.99. The largest absolute Gasteiger partial charge is 0.427 e. The SMILES string of the molecule is Cc1cccc(OC(=O)CC2CCCC2)c1. The lowest BCUT2D eigenvalue weighted by Crippen LogP contribution is -2.12. The van der Waals surface area contributed by atoms with Crippen LogP contribution in [0.4, 0.5) is 0 Å². The average molecular weight is 218 g/mol. The summed E-state index contributed by atoms with van der Waals surface area (Å²) in [5, 5.41) is 0. The number of ether oxygens (including phenoxy) is 1. The maximum Gasteiger partial charge on any atom is 0.311 e. The maximum absolute atomic E-state index is 11.7. The molecule has 0 saturated heterocycles. The molecule has 0 N–H and O–H groups in total. The van der Waals surface area contributed by atoms with Gasteiger partial charge in [-0.15, -0.1) is 0 Å². The number of hydrogen-bond donors (Lipinski definition) is 0. The summed E-state index contributed by atoms with van der Waals surface area (Å²) in [6.07, 6.45) is 5.48. The highest BCUT2D eigenvalue weighted by Gasteiger charge is 2.19. The zero-order chi connectivity index (χ0) is 11.4. The molecule has 0 amide bonds. The zero-order valence-corrected chi connectivity index (χ0v) is 9.74. The van der Waals surface area contributed by atoms with E-state index >= 15 is 0 Å². The fraction of sp³-hybridized carbons (Fsp3) is 0.500. The van der Waals surface area contributed by atoms with Gasteiger partial charge in [0.05, 0.1) is 0 Å². The summed E-state index contributed by atoms with van der Waals surface area (Å²) in [7, 11) is 0. The Morgan fingerprint density at radius 2 is 2.12 bits per heavy atom. The molecule has 1 aliphatic carbocycles. The molecule has 86 valence electrons. The minimum absolute atomic E-state index is 0.0856. The van der Waals surface area contributed by atoms with Gasteiger partial charge in [-0.3, -0.25) is 4.79 Å². The predicted molar refractivity (Wildman–Crippen MR) is 63.4 cm³/mol. The Balaban J connectivity index is 1.86. The molecule has 2 rings (SSSR count). The van der Waals surface area contributed by atoms with Crippen molar-refractivity contribution in [3.05, 3.63) is 29.8 Å². The normalized spacial score (nSPS) is 16.3. The standard InChI is InChI=1S/C14H18O2/c1-11-5-4-8-13(9-11)16-14(15)10-12-6-2-3-7-12/h4-5,8-9,12H,2-3,6-7,10H2,1H3. The van der Waals surface area contributed by atoms with Crippen LogP contribution in [0.1, 0.15) is 37.7 Å². The van der Waals surface area contributed by atoms with Crippen LogP contribution in [0.2, 0.25) is 0 Å². The highest BCUT2D eigenvalue weighted by Crippen LogP contribution is 2.28. The topological polar surface area (TPSA) is 26.3 Å². The van der Waals surface area contributed by atoms with E-state index in [2.05, 4.69) is 0 Å². The molecule has 0 aliphatic heterocycles. The quantitative estimate of drug-likeness (QED) is 0.573. The molecule has 0 heterocycles. The van der Waals surface area contributed by atoms with E-state index in [1.54, 1.807) is 0 Å². The molecule has 1 saturated carbocycles. The van der Waals surface area contributed by atoms with Crippen LogP contribution < -0.4 is 4.74 Å². The molecule has 2 nitrogen and oxygen atoms in total. The first-order valence-electron chi connectivity index (χ1n) is 6.01. The number of carbonyl (C=O) groups excluding carboxylic acids is 1. The molecule has 1 aromatic carbocycles. The molecule has 2 heteroatoms. The highest BCUT2D eigenvalue weighted by atomic mass is 16.5. The van der Waals surface area contributed by atoms with E-state index in [0.717, 1.165) is 5.56 Å². The van der Waals surface area contributed by atoms with Crippen LogP contribution in [-0.4, -0.2) is 5.97 Å². The van der Waals surface area contributed by atoms with E-state index in [0.29, 0.717) is 18.1 Å². The Morgan fingerprint density at radius 3 is 2.81 bits per heavy atom. The van der Waals surface area contributed by atoms with Crippen molar-refractivity contribution >= 4 is 5.97 Å². The minimum Gasteiger partial charge on any atom is -0.427 e. The summed E-state index contributed by atoms with van der Waals surface area (Å²) < 4.78 is 5.32. The van der Waals surface area contributed by atoms with Gasteiger partial charge in [-0.05, 0) is 43.4 Å². The van der Waals surface area contributed by atoms with Gasteiger partial charge in [0.15, 0.2) is 0 Å². The summed E-state index contributed by atoms with van der Waals surface area (Å²) >= 11 is 0. The number of esters is 1. The molecule has 0 spiro atoms. The fourth-order valence-corrected chi connectivity index (χ4v) is 2.30. The summed E-state index contributed by atoms with van der Waals surface area (Å²) in [6, 6.07) is 7.63. The van der Waals surface area contributed by atoms with Crippen molar-refractivity contribution in [3.63, 3.8) is 0 Å². The van der Waals surface area contributed by atoms with Gasteiger partial charge in [0.2, 0.25) is 0 Å². The van der Waals surface area contributed by atoms with E-state index < -0.39 is 0 Å². The lowest BCUT2D eigenvalue weighted by atomic mass is 10.0. The number of hydrogen-bond acceptors (Lipinski definition) is 2. The third kappa shape index (κ3) is 3.09. The smallest absolute Gasteiger partial charge is 0.311 e. The zero-order valence-electron chi connectivity index (χ0n) is 9.74. The van der Waals surface area contributed by atoms with Crippen LogP contribution in [0.5, 0.6) is 5.75 Å². The van der Waals surface area contributed by atoms with Crippen molar-refractivity contribution in [2.75, 3.05) is 0 Å². The first-order valence-corrected chi connectivity index (χ1v) is 6.01. The third-order valence-electron chi connectivity index (χ3n) is 3.15. The maximum atomic E-state index is 11.7. The minimum atomic E-state index is -0.0856. The molecule has 1 fully saturated rings. The first-order chi connectivity index (χ1) is 7.74. The Morgan fingerprint density at radius 1 is 1.38 bits per heavy atom. The van der Waals surface area contributed by atoms with Gasteiger partial charge < -0.3 is 4.74 Å². The number of rotatable bonds is 3. The van der Waals surface area contributed by atoms with Crippen molar-refractivity contribution in [2.24, 2.45) is 5.92 Å². The van der Waals surface area contributed by atoms with Crippen LogP contribution in [0.15, 0.2) is 24.3 Å². The van der Waals surface area contributed by atoms with E-state index in [4.69, 9.17) is 4.74 Å². The lowest BCUT2D eigenvalue weighted by Gasteiger charge is -2.08. The Bertz CT molecular complexity index is 365. The third-order valence-corrected chi connectivity index (χ3v) is 3.15. The Kier molecular flexibility index (Phi) is 3.60. The molecule has 0 atom stereocenters. The Labute approximate surface area is 96.6 Å². The van der Waals surface area contributed by atoms with E-state index in [9.17, 15) is 4.79 Å². The molecule has 16 heavy (non-hydrogen) atoms. The van der Waals surface area contributed by atoms with Crippen LogP contribution in [-0.2, 0) is 4.79 Å². The molecule has 0 bridgehead atoms. The summed E-state index contributed by atoms with van der Waals surface area (Å²) in [5.74, 6) is 1.14. The molecule has 1 aromatic rings. The van der Waals surface area contributed by atoms with E-state index in [1.807, 2.05) is 31.2 Å². The van der Waals surface area contributed by atoms with E-state index in [1.165, 1.54) is 25.7 Å². The van der Waals surface area contributed by atoms with Crippen molar-refractivity contribution in [1.29, 1.82) is 0 Å². The van der Waals surface area contributed by atoms with Gasteiger partial charge >= 0.3 is 5.97 Å². The van der Waals surface area contributed by atoms with Gasteiger partial charge in [-0.2, -0.15) is 0 Å². The van der Waals surface area contributed by atoms with Gasteiger partial charge in [-0.1, -0.05) is 25.0 Å². The van der Waals surface area contributed by atoms with Crippen LogP contribution in [0.3, 0.4) is 0 Å². The monoisotopic (exact) mass is 218 g/mol. The molecular weight excluding hydrogens is 200 g/mol. The second-order valence-corrected chi connectivity index (χ2v) is 4.65. The lowest BCUT2D eigenvalue weighted by molar-refractivity contribution is -0.135. The van der Waals surface area contributed by atoms with Crippen molar-refractivity contribution in [3.8, 4) is 5.75 Å². The van der Waals surface area contributed by atoms with Crippen LogP contribution >= 0.6 is 0 Å². The predicted octanol–water partition coefficient (Wildman–Crippen LogP) is 3.48. The highest BCUT2D eigenvalue weighted by molar-refractivity contribution is 5.72. The van der Waals surface area contributed by atoms with Gasteiger partial charge in [0, 0.05) is 6.42 Å². The number of aryl methyl sites for hydroxylation is 1. The summed E-state index contributed by atoms with van der Waals surface area (Å²) in [5.41, 5.74) is 1.12. The second kappa shape index (κ2) is 5.15. The molecule has 0 aromatic heterocycles. The van der Waals surface area contributed by atoms with Crippen molar-refractivity contribution in [2.45, 2.75) is 39.0 Å². The fourth-order valence-electron chi connectivity index (χ4n) is 2.30. The molecule has 1 aliphatic rings. The van der Waals surface area contributed by atoms with Gasteiger partial charge in [-0.25, -0.2) is 0 Å².